The first kappa shape index (κ1) is 10.7. The molecule has 3 rings (SSSR count). The van der Waals surface area contributed by atoms with E-state index < -0.39 is 0 Å². The van der Waals surface area contributed by atoms with E-state index in [2.05, 4.69) is 39.2 Å². The van der Waals surface area contributed by atoms with Crippen molar-refractivity contribution in [3.63, 3.8) is 0 Å². The smallest absolute Gasteiger partial charge is 0.110 e. The Labute approximate surface area is 106 Å². The minimum absolute atomic E-state index is 0.813. The van der Waals surface area contributed by atoms with Gasteiger partial charge in [-0.3, -0.25) is 4.98 Å². The minimum atomic E-state index is 0.813. The van der Waals surface area contributed by atoms with E-state index in [1.807, 2.05) is 30.6 Å². The van der Waals surface area contributed by atoms with Crippen LogP contribution in [-0.2, 0) is 6.42 Å². The van der Waals surface area contributed by atoms with E-state index in [0.717, 1.165) is 23.5 Å². The van der Waals surface area contributed by atoms with Gasteiger partial charge in [0.25, 0.3) is 0 Å². The molecule has 18 heavy (non-hydrogen) atoms. The van der Waals surface area contributed by atoms with Crippen molar-refractivity contribution in [2.45, 2.75) is 6.42 Å². The molecule has 0 amide bonds. The Kier molecular flexibility index (Phi) is 2.88. The number of rotatable bonds is 3. The summed E-state index contributed by atoms with van der Waals surface area (Å²) >= 11 is 0. The van der Waals surface area contributed by atoms with Gasteiger partial charge >= 0.3 is 0 Å². The molecule has 0 saturated heterocycles. The van der Waals surface area contributed by atoms with Gasteiger partial charge in [0.05, 0.1) is 5.69 Å². The Balaban J connectivity index is 1.90. The molecule has 0 spiro atoms. The Bertz CT molecular complexity index is 615. The van der Waals surface area contributed by atoms with Gasteiger partial charge in [-0.2, -0.15) is 0 Å². The van der Waals surface area contributed by atoms with Crippen molar-refractivity contribution in [3.8, 4) is 11.3 Å². The number of imidazole rings is 1. The van der Waals surface area contributed by atoms with Crippen LogP contribution < -0.4 is 0 Å². The molecule has 0 unspecified atom stereocenters. The van der Waals surface area contributed by atoms with Crippen molar-refractivity contribution in [1.29, 1.82) is 0 Å². The fourth-order valence-corrected chi connectivity index (χ4v) is 1.96. The molecule has 2 heterocycles. The Hall–Kier alpha value is -2.42. The Morgan fingerprint density at radius 2 is 1.94 bits per heavy atom. The van der Waals surface area contributed by atoms with Crippen molar-refractivity contribution in [2.75, 3.05) is 0 Å². The average Bonchev–Trinajstić information content (AvgIpc) is 2.93. The maximum atomic E-state index is 4.36. The van der Waals surface area contributed by atoms with Crippen LogP contribution in [-0.4, -0.2) is 15.0 Å². The van der Waals surface area contributed by atoms with Crippen LogP contribution in [0.1, 0.15) is 11.4 Å². The molecule has 3 heteroatoms. The summed E-state index contributed by atoms with van der Waals surface area (Å²) in [6.45, 7) is 0. The molecule has 2 aromatic heterocycles. The zero-order valence-electron chi connectivity index (χ0n) is 9.88. The first-order chi connectivity index (χ1) is 8.92. The zero-order valence-corrected chi connectivity index (χ0v) is 9.88. The van der Waals surface area contributed by atoms with E-state index in [0.29, 0.717) is 0 Å². The molecule has 0 saturated carbocycles. The fraction of sp³-hybridized carbons (Fsp3) is 0.0667. The first-order valence-electron chi connectivity index (χ1n) is 5.90. The molecule has 0 fully saturated rings. The summed E-state index contributed by atoms with van der Waals surface area (Å²) < 4.78 is 0. The Morgan fingerprint density at radius 1 is 0.944 bits per heavy atom. The molecule has 1 aromatic carbocycles. The molecule has 88 valence electrons. The van der Waals surface area contributed by atoms with Crippen LogP contribution >= 0.6 is 0 Å². The maximum Gasteiger partial charge on any atom is 0.110 e. The summed E-state index contributed by atoms with van der Waals surface area (Å²) in [4.78, 5) is 11.7. The summed E-state index contributed by atoms with van der Waals surface area (Å²) in [7, 11) is 0. The highest BCUT2D eigenvalue weighted by molar-refractivity contribution is 5.59. The highest BCUT2D eigenvalue weighted by atomic mass is 14.9. The first-order valence-corrected chi connectivity index (χ1v) is 5.90. The van der Waals surface area contributed by atoms with Crippen LogP contribution in [0.5, 0.6) is 0 Å². The van der Waals surface area contributed by atoms with E-state index in [1.165, 1.54) is 5.56 Å². The summed E-state index contributed by atoms with van der Waals surface area (Å²) in [5.74, 6) is 0.980. The van der Waals surface area contributed by atoms with Gasteiger partial charge in [-0.25, -0.2) is 4.98 Å². The van der Waals surface area contributed by atoms with Gasteiger partial charge < -0.3 is 4.98 Å². The van der Waals surface area contributed by atoms with Gasteiger partial charge in [-0.15, -0.1) is 0 Å². The van der Waals surface area contributed by atoms with E-state index in [9.17, 15) is 0 Å². The maximum absolute atomic E-state index is 4.36. The van der Waals surface area contributed by atoms with Gasteiger partial charge in [0.15, 0.2) is 0 Å². The lowest BCUT2D eigenvalue weighted by atomic mass is 10.1. The van der Waals surface area contributed by atoms with Crippen molar-refractivity contribution >= 4 is 0 Å². The quantitative estimate of drug-likeness (QED) is 0.758. The van der Waals surface area contributed by atoms with Crippen molar-refractivity contribution in [2.24, 2.45) is 0 Å². The molecule has 0 aliphatic carbocycles. The third-order valence-corrected chi connectivity index (χ3v) is 2.81. The number of H-pyrrole nitrogens is 1. The second kappa shape index (κ2) is 4.84. The van der Waals surface area contributed by atoms with E-state index >= 15 is 0 Å². The number of benzene rings is 1. The van der Waals surface area contributed by atoms with E-state index in [-0.39, 0.29) is 0 Å². The molecular weight excluding hydrogens is 222 g/mol. The largest absolute Gasteiger partial charge is 0.348 e. The van der Waals surface area contributed by atoms with Crippen LogP contribution in [0.25, 0.3) is 11.3 Å². The molecule has 0 bridgehead atoms. The fourth-order valence-electron chi connectivity index (χ4n) is 1.96. The van der Waals surface area contributed by atoms with Gasteiger partial charge in [0.1, 0.15) is 5.82 Å². The Morgan fingerprint density at radius 3 is 2.72 bits per heavy atom. The normalized spacial score (nSPS) is 10.4. The van der Waals surface area contributed by atoms with E-state index in [4.69, 9.17) is 0 Å². The van der Waals surface area contributed by atoms with Gasteiger partial charge in [-0.05, 0) is 23.8 Å². The predicted octanol–water partition coefficient (Wildman–Crippen LogP) is 3.06. The lowest BCUT2D eigenvalue weighted by Crippen LogP contribution is -1.91. The van der Waals surface area contributed by atoms with Crippen molar-refractivity contribution < 1.29 is 0 Å². The molecule has 0 radical (unpaired) electrons. The van der Waals surface area contributed by atoms with Gasteiger partial charge in [0, 0.05) is 30.6 Å². The summed E-state index contributed by atoms with van der Waals surface area (Å²) in [6.07, 6.45) is 6.25. The van der Waals surface area contributed by atoms with Crippen LogP contribution in [0.4, 0.5) is 0 Å². The number of pyridine rings is 1. The molecule has 0 aliphatic heterocycles. The predicted molar refractivity (Wildman–Crippen MR) is 71.1 cm³/mol. The molecule has 3 aromatic rings. The minimum Gasteiger partial charge on any atom is -0.348 e. The summed E-state index contributed by atoms with van der Waals surface area (Å²) in [6, 6.07) is 14.3. The SMILES string of the molecule is c1ccc(-c2cccc(Cc3ncc[nH]3)c2)nc1. The summed E-state index contributed by atoms with van der Waals surface area (Å²) in [5.41, 5.74) is 3.37. The number of aromatic nitrogens is 3. The van der Waals surface area contributed by atoms with Gasteiger partial charge in [-0.1, -0.05) is 24.3 Å². The van der Waals surface area contributed by atoms with Crippen molar-refractivity contribution in [1.82, 2.24) is 15.0 Å². The standard InChI is InChI=1S/C15H13N3/c1-2-7-16-14(6-1)13-5-3-4-12(10-13)11-15-17-8-9-18-15/h1-10H,11H2,(H,17,18). The third kappa shape index (κ3) is 2.30. The lowest BCUT2D eigenvalue weighted by Gasteiger charge is -2.03. The van der Waals surface area contributed by atoms with E-state index in [1.54, 1.807) is 6.20 Å². The monoisotopic (exact) mass is 235 g/mol. The second-order valence-corrected chi connectivity index (χ2v) is 4.13. The highest BCUT2D eigenvalue weighted by Gasteiger charge is 2.02. The number of hydrogen-bond acceptors (Lipinski definition) is 2. The van der Waals surface area contributed by atoms with Crippen LogP contribution in [0.3, 0.4) is 0 Å². The molecular formula is C15H13N3. The topological polar surface area (TPSA) is 41.6 Å². The lowest BCUT2D eigenvalue weighted by molar-refractivity contribution is 1.03. The van der Waals surface area contributed by atoms with Crippen LogP contribution in [0.15, 0.2) is 61.1 Å². The number of aromatic amines is 1. The van der Waals surface area contributed by atoms with Crippen LogP contribution in [0.2, 0.25) is 0 Å². The van der Waals surface area contributed by atoms with Gasteiger partial charge in [0.2, 0.25) is 0 Å². The van der Waals surface area contributed by atoms with Crippen molar-refractivity contribution in [3.05, 3.63) is 72.4 Å². The summed E-state index contributed by atoms with van der Waals surface area (Å²) in [5, 5.41) is 0. The molecule has 0 aliphatic rings. The number of nitrogens with one attached hydrogen (secondary N) is 1. The zero-order chi connectivity index (χ0) is 12.2. The number of hydrogen-bond donors (Lipinski definition) is 1. The van der Waals surface area contributed by atoms with Crippen LogP contribution in [0, 0.1) is 0 Å². The molecule has 0 atom stereocenters. The average molecular weight is 235 g/mol. The number of nitrogens with zero attached hydrogens (tertiary/aromatic N) is 2. The highest BCUT2D eigenvalue weighted by Crippen LogP contribution is 2.18. The second-order valence-electron chi connectivity index (χ2n) is 4.13. The molecule has 3 nitrogen and oxygen atoms in total. The molecule has 1 N–H and O–H groups in total. The third-order valence-electron chi connectivity index (χ3n) is 2.81.